The summed E-state index contributed by atoms with van der Waals surface area (Å²) in [5.41, 5.74) is 3.60. The summed E-state index contributed by atoms with van der Waals surface area (Å²) in [6.07, 6.45) is 3.86. The van der Waals surface area contributed by atoms with Crippen molar-refractivity contribution in [3.63, 3.8) is 0 Å². The summed E-state index contributed by atoms with van der Waals surface area (Å²) in [6, 6.07) is 13.3. The van der Waals surface area contributed by atoms with Gasteiger partial charge >= 0.3 is 5.97 Å². The number of benzene rings is 2. The highest BCUT2D eigenvalue weighted by Crippen LogP contribution is 2.23. The number of rotatable bonds is 9. The number of hydrogen-bond donors (Lipinski definition) is 1. The fraction of sp³-hybridized carbons (Fsp3) is 0.304. The first-order chi connectivity index (χ1) is 13.6. The van der Waals surface area contributed by atoms with E-state index >= 15 is 0 Å². The maximum absolute atomic E-state index is 12.2. The van der Waals surface area contributed by atoms with Crippen molar-refractivity contribution in [2.75, 3.05) is 6.61 Å². The molecular formula is C23H25NO4. The zero-order valence-electron chi connectivity index (χ0n) is 16.3. The van der Waals surface area contributed by atoms with Gasteiger partial charge in [0, 0.05) is 34.6 Å². The van der Waals surface area contributed by atoms with Crippen LogP contribution in [0.3, 0.4) is 0 Å². The number of ether oxygens (including phenoxy) is 2. The molecule has 0 fully saturated rings. The summed E-state index contributed by atoms with van der Waals surface area (Å²) >= 11 is 0. The number of nitrogens with one attached hydrogen (secondary N) is 1. The number of aromatic nitrogens is 1. The third-order valence-electron chi connectivity index (χ3n) is 4.66. The molecule has 1 N–H and O–H groups in total. The van der Waals surface area contributed by atoms with Gasteiger partial charge in [0.1, 0.15) is 12.4 Å². The molecule has 0 radical (unpaired) electrons. The van der Waals surface area contributed by atoms with Gasteiger partial charge in [-0.1, -0.05) is 18.2 Å². The van der Waals surface area contributed by atoms with Crippen molar-refractivity contribution in [3.05, 3.63) is 65.4 Å². The number of esters is 1. The van der Waals surface area contributed by atoms with Crippen molar-refractivity contribution >= 4 is 22.7 Å². The van der Waals surface area contributed by atoms with Crippen molar-refractivity contribution in [3.8, 4) is 5.75 Å². The van der Waals surface area contributed by atoms with Crippen LogP contribution in [0, 0.1) is 0 Å². The molecule has 1 heterocycles. The second-order valence-corrected chi connectivity index (χ2v) is 6.69. The maximum atomic E-state index is 12.2. The summed E-state index contributed by atoms with van der Waals surface area (Å²) < 4.78 is 11.0. The van der Waals surface area contributed by atoms with Crippen LogP contribution >= 0.6 is 0 Å². The van der Waals surface area contributed by atoms with Crippen molar-refractivity contribution in [2.45, 2.75) is 39.7 Å². The maximum Gasteiger partial charge on any atom is 0.306 e. The predicted molar refractivity (Wildman–Crippen MR) is 109 cm³/mol. The fourth-order valence-electron chi connectivity index (χ4n) is 3.20. The third kappa shape index (κ3) is 4.80. The van der Waals surface area contributed by atoms with Crippen molar-refractivity contribution < 1.29 is 19.1 Å². The lowest BCUT2D eigenvalue weighted by molar-refractivity contribution is -0.145. The fourth-order valence-corrected chi connectivity index (χ4v) is 3.20. The molecule has 0 aliphatic rings. The smallest absolute Gasteiger partial charge is 0.306 e. The third-order valence-corrected chi connectivity index (χ3v) is 4.66. The molecule has 0 aliphatic carbocycles. The van der Waals surface area contributed by atoms with E-state index in [9.17, 15) is 9.59 Å². The molecular weight excluding hydrogens is 354 g/mol. The van der Waals surface area contributed by atoms with Crippen LogP contribution in [-0.2, 0) is 22.6 Å². The average Bonchev–Trinajstić information content (AvgIpc) is 3.10. The van der Waals surface area contributed by atoms with E-state index in [2.05, 4.69) is 11.1 Å². The molecule has 0 saturated heterocycles. The molecule has 0 aliphatic heterocycles. The first-order valence-electron chi connectivity index (χ1n) is 9.55. The number of carbonyl (C=O) groups excluding carboxylic acids is 2. The van der Waals surface area contributed by atoms with Gasteiger partial charge in [-0.15, -0.1) is 0 Å². The topological polar surface area (TPSA) is 68.4 Å². The van der Waals surface area contributed by atoms with Crippen LogP contribution in [0.2, 0.25) is 0 Å². The van der Waals surface area contributed by atoms with Crippen LogP contribution in [-0.4, -0.2) is 23.3 Å². The van der Waals surface area contributed by atoms with Gasteiger partial charge in [0.05, 0.1) is 6.61 Å². The number of hydrogen-bond acceptors (Lipinski definition) is 4. The quantitative estimate of drug-likeness (QED) is 0.427. The minimum Gasteiger partial charge on any atom is -0.493 e. The van der Waals surface area contributed by atoms with Gasteiger partial charge in [-0.2, -0.15) is 0 Å². The zero-order valence-corrected chi connectivity index (χ0v) is 16.3. The first-order valence-corrected chi connectivity index (χ1v) is 9.55. The van der Waals surface area contributed by atoms with E-state index in [-0.39, 0.29) is 18.4 Å². The molecule has 3 rings (SSSR count). The van der Waals surface area contributed by atoms with Crippen LogP contribution in [0.25, 0.3) is 10.9 Å². The Balaban J connectivity index is 1.54. The van der Waals surface area contributed by atoms with E-state index in [1.54, 1.807) is 18.2 Å². The first kappa shape index (κ1) is 19.7. The normalized spacial score (nSPS) is 10.8. The Hall–Kier alpha value is -3.08. The summed E-state index contributed by atoms with van der Waals surface area (Å²) in [7, 11) is 0. The highest BCUT2D eigenvalue weighted by atomic mass is 16.5. The molecule has 5 heteroatoms. The van der Waals surface area contributed by atoms with E-state index in [0.717, 1.165) is 11.9 Å². The van der Waals surface area contributed by atoms with E-state index < -0.39 is 0 Å². The van der Waals surface area contributed by atoms with Gasteiger partial charge in [-0.3, -0.25) is 9.59 Å². The minimum atomic E-state index is -0.254. The number of aromatic amines is 1. The Morgan fingerprint density at radius 1 is 1.07 bits per heavy atom. The summed E-state index contributed by atoms with van der Waals surface area (Å²) in [5.74, 6) is 0.351. The Bertz CT molecular complexity index is 974. The molecule has 146 valence electrons. The number of fused-ring (bicyclic) bond motifs is 1. The number of H-pyrrole nitrogens is 1. The van der Waals surface area contributed by atoms with E-state index in [1.165, 1.54) is 17.9 Å². The molecule has 0 atom stereocenters. The van der Waals surface area contributed by atoms with Crippen LogP contribution in [0.5, 0.6) is 5.75 Å². The van der Waals surface area contributed by atoms with Crippen LogP contribution in [0.4, 0.5) is 0 Å². The standard InChI is InChI=1S/C23H25NO4/c1-3-27-22-12-11-17(16(2)25)13-19(22)15-28-23(26)10-6-7-18-14-24-21-9-5-4-8-20(18)21/h4-5,8-9,11-14,24H,3,6-7,10,15H2,1-2H3. The largest absolute Gasteiger partial charge is 0.493 e. The SMILES string of the molecule is CCOc1ccc(C(C)=O)cc1COC(=O)CCCc1c[nH]c2ccccc12. The predicted octanol–water partition coefficient (Wildman–Crippen LogP) is 4.84. The molecule has 2 aromatic carbocycles. The van der Waals surface area contributed by atoms with Gasteiger partial charge in [-0.05, 0) is 56.5 Å². The van der Waals surface area contributed by atoms with Crippen LogP contribution in [0.1, 0.15) is 48.2 Å². The molecule has 0 bridgehead atoms. The van der Waals surface area contributed by atoms with E-state index in [4.69, 9.17) is 9.47 Å². The molecule has 3 aromatic rings. The minimum absolute atomic E-state index is 0.0330. The zero-order chi connectivity index (χ0) is 19.9. The second-order valence-electron chi connectivity index (χ2n) is 6.69. The Morgan fingerprint density at radius 2 is 1.89 bits per heavy atom. The van der Waals surface area contributed by atoms with Crippen molar-refractivity contribution in [1.82, 2.24) is 4.98 Å². The molecule has 0 unspecified atom stereocenters. The number of Topliss-reactive ketones (excluding diaryl/α,β-unsaturated/α-hetero) is 1. The van der Waals surface area contributed by atoms with Gasteiger partial charge < -0.3 is 14.5 Å². The highest BCUT2D eigenvalue weighted by molar-refractivity contribution is 5.94. The highest BCUT2D eigenvalue weighted by Gasteiger charge is 2.11. The molecule has 0 spiro atoms. The Labute approximate surface area is 164 Å². The van der Waals surface area contributed by atoms with Gasteiger partial charge in [0.15, 0.2) is 5.78 Å². The summed E-state index contributed by atoms with van der Waals surface area (Å²) in [5, 5.41) is 1.19. The lowest BCUT2D eigenvalue weighted by atomic mass is 10.1. The molecule has 28 heavy (non-hydrogen) atoms. The number of ketones is 1. The number of aryl methyl sites for hydroxylation is 1. The monoisotopic (exact) mass is 379 g/mol. The summed E-state index contributed by atoms with van der Waals surface area (Å²) in [6.45, 7) is 4.00. The van der Waals surface area contributed by atoms with Crippen molar-refractivity contribution in [1.29, 1.82) is 0 Å². The van der Waals surface area contributed by atoms with Crippen LogP contribution < -0.4 is 4.74 Å². The van der Waals surface area contributed by atoms with Gasteiger partial charge in [0.25, 0.3) is 0 Å². The Kier molecular flexibility index (Phi) is 6.48. The van der Waals surface area contributed by atoms with Crippen molar-refractivity contribution in [2.24, 2.45) is 0 Å². The molecule has 1 aromatic heterocycles. The van der Waals surface area contributed by atoms with E-state index in [1.807, 2.05) is 31.3 Å². The summed E-state index contributed by atoms with van der Waals surface area (Å²) in [4.78, 5) is 27.0. The molecule has 5 nitrogen and oxygen atoms in total. The second kappa shape index (κ2) is 9.22. The average molecular weight is 379 g/mol. The Morgan fingerprint density at radius 3 is 2.68 bits per heavy atom. The molecule has 0 amide bonds. The lowest BCUT2D eigenvalue weighted by Crippen LogP contribution is -2.07. The lowest BCUT2D eigenvalue weighted by Gasteiger charge is -2.12. The van der Waals surface area contributed by atoms with Gasteiger partial charge in [0.2, 0.25) is 0 Å². The molecule has 0 saturated carbocycles. The van der Waals surface area contributed by atoms with E-state index in [0.29, 0.717) is 36.3 Å². The van der Waals surface area contributed by atoms with Crippen LogP contribution in [0.15, 0.2) is 48.7 Å². The number of para-hydroxylation sites is 1. The number of carbonyl (C=O) groups is 2. The van der Waals surface area contributed by atoms with Gasteiger partial charge in [-0.25, -0.2) is 0 Å².